The summed E-state index contributed by atoms with van der Waals surface area (Å²) in [6.07, 6.45) is 4.09. The Bertz CT molecular complexity index is 1410. The van der Waals surface area contributed by atoms with Crippen molar-refractivity contribution in [3.05, 3.63) is 42.1 Å². The van der Waals surface area contributed by atoms with Gasteiger partial charge in [-0.15, -0.1) is 12.4 Å². The number of hydrogen-bond donors (Lipinski definition) is 1. The van der Waals surface area contributed by atoms with E-state index in [4.69, 9.17) is 9.72 Å². The van der Waals surface area contributed by atoms with Crippen LogP contribution in [0.15, 0.2) is 36.5 Å². The zero-order valence-electron chi connectivity index (χ0n) is 20.3. The number of methoxy groups -OCH3 is 1. The number of nitrogens with zero attached hydrogens (tertiary/aromatic N) is 5. The molecule has 4 aromatic rings. The third kappa shape index (κ3) is 3.76. The van der Waals surface area contributed by atoms with Gasteiger partial charge >= 0.3 is 0 Å². The monoisotopic (exact) mass is 494 g/mol. The smallest absolute Gasteiger partial charge is 0.254 e. The van der Waals surface area contributed by atoms with E-state index in [-0.39, 0.29) is 18.3 Å². The SMILES string of the molecule is CCn1c(-c2nc3cc(C(=O)N4CC[C@H]5CCN[C@@H]5C4)cc(OC)c3n2C)cc2cccnc21.Cl. The first kappa shape index (κ1) is 23.6. The highest BCUT2D eigenvalue weighted by molar-refractivity contribution is 6.00. The van der Waals surface area contributed by atoms with Crippen LogP contribution in [0.2, 0.25) is 0 Å². The Kier molecular flexibility index (Phi) is 6.19. The summed E-state index contributed by atoms with van der Waals surface area (Å²) < 4.78 is 9.98. The van der Waals surface area contributed by atoms with Gasteiger partial charge in [0.05, 0.1) is 18.3 Å². The zero-order valence-corrected chi connectivity index (χ0v) is 21.1. The lowest BCUT2D eigenvalue weighted by molar-refractivity contribution is 0.0669. The van der Waals surface area contributed by atoms with E-state index in [9.17, 15) is 4.79 Å². The van der Waals surface area contributed by atoms with Gasteiger partial charge in [-0.05, 0) is 62.6 Å². The van der Waals surface area contributed by atoms with Crippen LogP contribution in [-0.2, 0) is 13.6 Å². The van der Waals surface area contributed by atoms with Gasteiger partial charge in [-0.2, -0.15) is 0 Å². The maximum absolute atomic E-state index is 13.5. The number of imidazole rings is 1. The number of ether oxygens (including phenoxy) is 1. The number of fused-ring (bicyclic) bond motifs is 3. The van der Waals surface area contributed by atoms with Crippen molar-refractivity contribution in [2.24, 2.45) is 13.0 Å². The van der Waals surface area contributed by atoms with Crippen LogP contribution in [0.5, 0.6) is 5.75 Å². The second-order valence-electron chi connectivity index (χ2n) is 9.38. The second-order valence-corrected chi connectivity index (χ2v) is 9.38. The molecular formula is C26H31ClN6O2. The van der Waals surface area contributed by atoms with Crippen molar-refractivity contribution in [1.29, 1.82) is 0 Å². The summed E-state index contributed by atoms with van der Waals surface area (Å²) in [5.41, 5.74) is 4.21. The number of amides is 1. The van der Waals surface area contributed by atoms with E-state index in [2.05, 4.69) is 38.5 Å². The molecule has 0 aliphatic carbocycles. The number of pyridine rings is 1. The highest BCUT2D eigenvalue weighted by atomic mass is 35.5. The Morgan fingerprint density at radius 3 is 2.91 bits per heavy atom. The van der Waals surface area contributed by atoms with Crippen LogP contribution < -0.4 is 10.1 Å². The summed E-state index contributed by atoms with van der Waals surface area (Å²) in [6, 6.07) is 10.3. The molecule has 0 radical (unpaired) electrons. The first-order chi connectivity index (χ1) is 16.6. The quantitative estimate of drug-likeness (QED) is 0.466. The molecule has 2 aliphatic rings. The summed E-state index contributed by atoms with van der Waals surface area (Å²) in [4.78, 5) is 25.0. The number of hydrogen-bond acceptors (Lipinski definition) is 5. The van der Waals surface area contributed by atoms with Gasteiger partial charge < -0.3 is 24.1 Å². The van der Waals surface area contributed by atoms with Crippen molar-refractivity contribution in [2.45, 2.75) is 32.4 Å². The molecule has 1 aromatic carbocycles. The van der Waals surface area contributed by atoms with Gasteiger partial charge in [-0.3, -0.25) is 4.79 Å². The van der Waals surface area contributed by atoms with Gasteiger partial charge in [-0.25, -0.2) is 9.97 Å². The zero-order chi connectivity index (χ0) is 23.4. The fraction of sp³-hybridized carbons (Fsp3) is 0.423. The molecule has 1 amide bonds. The van der Waals surface area contributed by atoms with Gasteiger partial charge in [0, 0.05) is 49.9 Å². The van der Waals surface area contributed by atoms with E-state index in [1.165, 1.54) is 6.42 Å². The molecular weight excluding hydrogens is 464 g/mol. The maximum Gasteiger partial charge on any atom is 0.254 e. The summed E-state index contributed by atoms with van der Waals surface area (Å²) >= 11 is 0. The van der Waals surface area contributed by atoms with Crippen molar-refractivity contribution in [2.75, 3.05) is 26.7 Å². The van der Waals surface area contributed by atoms with Gasteiger partial charge in [-0.1, -0.05) is 0 Å². The normalized spacial score (nSPS) is 19.7. The van der Waals surface area contributed by atoms with Crippen LogP contribution in [0, 0.1) is 5.92 Å². The van der Waals surface area contributed by atoms with E-state index in [1.807, 2.05) is 36.3 Å². The molecule has 8 nitrogen and oxygen atoms in total. The number of carbonyl (C=O) groups is 1. The predicted octanol–water partition coefficient (Wildman–Crippen LogP) is 3.86. The first-order valence-electron chi connectivity index (χ1n) is 12.1. The summed E-state index contributed by atoms with van der Waals surface area (Å²) in [5, 5.41) is 4.64. The molecule has 9 heteroatoms. The molecule has 0 bridgehead atoms. The molecule has 2 aliphatic heterocycles. The van der Waals surface area contributed by atoms with Gasteiger partial charge in [0.2, 0.25) is 0 Å². The first-order valence-corrected chi connectivity index (χ1v) is 12.1. The molecule has 6 rings (SSSR count). The average Bonchev–Trinajstić information content (AvgIpc) is 3.57. The number of rotatable bonds is 4. The largest absolute Gasteiger partial charge is 0.494 e. The molecule has 35 heavy (non-hydrogen) atoms. The Morgan fingerprint density at radius 1 is 1.26 bits per heavy atom. The van der Waals surface area contributed by atoms with Gasteiger partial charge in [0.25, 0.3) is 5.91 Å². The number of piperidine rings is 1. The highest BCUT2D eigenvalue weighted by Gasteiger charge is 2.35. The van der Waals surface area contributed by atoms with E-state index >= 15 is 0 Å². The minimum absolute atomic E-state index is 0. The van der Waals surface area contributed by atoms with E-state index in [0.29, 0.717) is 23.3 Å². The Hall–Kier alpha value is -3.10. The van der Waals surface area contributed by atoms with Crippen molar-refractivity contribution < 1.29 is 9.53 Å². The minimum atomic E-state index is 0. The van der Waals surface area contributed by atoms with Gasteiger partial charge in [0.15, 0.2) is 5.82 Å². The number of nitrogens with one attached hydrogen (secondary N) is 1. The lowest BCUT2D eigenvalue weighted by Gasteiger charge is -2.35. The Balaban J connectivity index is 0.00000253. The third-order valence-corrected chi connectivity index (χ3v) is 7.57. The van der Waals surface area contributed by atoms with Crippen molar-refractivity contribution in [3.8, 4) is 17.3 Å². The van der Waals surface area contributed by atoms with Crippen LogP contribution in [0.1, 0.15) is 30.1 Å². The standard InChI is InChI=1S/C26H30N6O2.ClH/c1-4-32-21(13-17-6-5-9-28-24(17)32)25-29-19-12-18(14-22(34-3)23(19)30(25)2)26(33)31-11-8-16-7-10-27-20(16)15-31;/h5-6,9,12-14,16,20,27H,4,7-8,10-11,15H2,1-3H3;1H/t16-,20-;/m1./s1. The fourth-order valence-electron chi connectivity index (χ4n) is 5.81. The maximum atomic E-state index is 13.5. The number of likely N-dealkylation sites (tertiary alicyclic amines) is 1. The molecule has 2 fully saturated rings. The summed E-state index contributed by atoms with van der Waals surface area (Å²) in [6.45, 7) is 5.52. The number of aryl methyl sites for hydroxylation is 2. The minimum Gasteiger partial charge on any atom is -0.494 e. The molecule has 2 atom stereocenters. The molecule has 1 N–H and O–H groups in total. The molecule has 184 valence electrons. The topological polar surface area (TPSA) is 77.2 Å². The van der Waals surface area contributed by atoms with Crippen molar-refractivity contribution in [1.82, 2.24) is 29.3 Å². The highest BCUT2D eigenvalue weighted by Crippen LogP contribution is 2.34. The van der Waals surface area contributed by atoms with E-state index in [1.54, 1.807) is 7.11 Å². The fourth-order valence-corrected chi connectivity index (χ4v) is 5.81. The lowest BCUT2D eigenvalue weighted by Crippen LogP contribution is -2.48. The molecule has 2 saturated heterocycles. The number of benzene rings is 1. The van der Waals surface area contributed by atoms with Crippen molar-refractivity contribution in [3.63, 3.8) is 0 Å². The Labute approximate surface area is 210 Å². The van der Waals surface area contributed by atoms with E-state index in [0.717, 1.165) is 66.2 Å². The van der Waals surface area contributed by atoms with Crippen LogP contribution in [-0.4, -0.2) is 62.7 Å². The molecule has 0 saturated carbocycles. The van der Waals surface area contributed by atoms with Crippen LogP contribution in [0.3, 0.4) is 0 Å². The van der Waals surface area contributed by atoms with Crippen LogP contribution in [0.25, 0.3) is 33.6 Å². The van der Waals surface area contributed by atoms with E-state index < -0.39 is 0 Å². The third-order valence-electron chi connectivity index (χ3n) is 7.57. The number of carbonyl (C=O) groups excluding carboxylic acids is 1. The molecule has 5 heterocycles. The van der Waals surface area contributed by atoms with Gasteiger partial charge in [0.1, 0.15) is 16.9 Å². The lowest BCUT2D eigenvalue weighted by atomic mass is 9.92. The molecule has 0 spiro atoms. The summed E-state index contributed by atoms with van der Waals surface area (Å²) in [5.74, 6) is 2.23. The van der Waals surface area contributed by atoms with Crippen LogP contribution in [0.4, 0.5) is 0 Å². The predicted molar refractivity (Wildman–Crippen MR) is 139 cm³/mol. The number of halogens is 1. The summed E-state index contributed by atoms with van der Waals surface area (Å²) in [7, 11) is 3.65. The molecule has 0 unspecified atom stereocenters. The number of aromatic nitrogens is 4. The van der Waals surface area contributed by atoms with Crippen molar-refractivity contribution >= 4 is 40.4 Å². The Morgan fingerprint density at radius 2 is 2.11 bits per heavy atom. The second kappa shape index (κ2) is 9.17. The van der Waals surface area contributed by atoms with Crippen LogP contribution >= 0.6 is 12.4 Å². The average molecular weight is 495 g/mol. The molecule has 3 aromatic heterocycles.